The van der Waals surface area contributed by atoms with Crippen molar-refractivity contribution in [2.45, 2.75) is 32.7 Å². The number of nitrogens with one attached hydrogen (secondary N) is 1. The zero-order valence-corrected chi connectivity index (χ0v) is 10.9. The van der Waals surface area contributed by atoms with Gasteiger partial charge in [0.1, 0.15) is 0 Å². The van der Waals surface area contributed by atoms with Gasteiger partial charge in [-0.1, -0.05) is 31.2 Å². The van der Waals surface area contributed by atoms with Gasteiger partial charge in [-0.2, -0.15) is 0 Å². The first-order chi connectivity index (χ1) is 8.40. The summed E-state index contributed by atoms with van der Waals surface area (Å²) in [4.78, 5) is 2.61. The molecular formula is C15H24N2. The van der Waals surface area contributed by atoms with Gasteiger partial charge in [0.25, 0.3) is 0 Å². The molecule has 1 saturated heterocycles. The van der Waals surface area contributed by atoms with E-state index in [0.717, 1.165) is 13.0 Å². The summed E-state index contributed by atoms with van der Waals surface area (Å²) in [6, 6.07) is 8.87. The second-order valence-corrected chi connectivity index (χ2v) is 4.86. The van der Waals surface area contributed by atoms with E-state index >= 15 is 0 Å². The van der Waals surface area contributed by atoms with E-state index in [1.807, 2.05) is 0 Å². The van der Waals surface area contributed by atoms with Gasteiger partial charge in [-0.25, -0.2) is 0 Å². The predicted octanol–water partition coefficient (Wildman–Crippen LogP) is 2.43. The molecule has 1 aliphatic rings. The van der Waals surface area contributed by atoms with Gasteiger partial charge in [-0.3, -0.25) is 4.90 Å². The Kier molecular flexibility index (Phi) is 5.02. The molecule has 2 nitrogen and oxygen atoms in total. The smallest absolute Gasteiger partial charge is 0.0236 e. The highest BCUT2D eigenvalue weighted by Crippen LogP contribution is 2.13. The molecule has 1 aromatic carbocycles. The maximum atomic E-state index is 3.47. The zero-order chi connectivity index (χ0) is 11.9. The highest BCUT2D eigenvalue weighted by Gasteiger charge is 2.09. The first kappa shape index (κ1) is 12.6. The molecule has 1 heterocycles. The molecule has 2 heteroatoms. The van der Waals surface area contributed by atoms with Crippen LogP contribution in [0.4, 0.5) is 0 Å². The van der Waals surface area contributed by atoms with Crippen LogP contribution in [-0.4, -0.2) is 31.1 Å². The maximum Gasteiger partial charge on any atom is 0.0236 e. The molecule has 0 bridgehead atoms. The van der Waals surface area contributed by atoms with Crippen LogP contribution in [0.3, 0.4) is 0 Å². The van der Waals surface area contributed by atoms with Crippen molar-refractivity contribution in [3.8, 4) is 0 Å². The Balaban J connectivity index is 1.97. The topological polar surface area (TPSA) is 15.3 Å². The minimum absolute atomic E-state index is 1.13. The fourth-order valence-electron chi connectivity index (χ4n) is 2.55. The third-order valence-electron chi connectivity index (χ3n) is 3.55. The van der Waals surface area contributed by atoms with Gasteiger partial charge in [0.15, 0.2) is 0 Å². The second kappa shape index (κ2) is 6.77. The summed E-state index contributed by atoms with van der Waals surface area (Å²) >= 11 is 0. The fourth-order valence-corrected chi connectivity index (χ4v) is 2.55. The third-order valence-corrected chi connectivity index (χ3v) is 3.55. The number of nitrogens with zero attached hydrogens (tertiary/aromatic N) is 1. The first-order valence-electron chi connectivity index (χ1n) is 6.90. The molecule has 2 rings (SSSR count). The molecular weight excluding hydrogens is 208 g/mol. The molecule has 0 atom stereocenters. The van der Waals surface area contributed by atoms with Gasteiger partial charge in [0, 0.05) is 6.54 Å². The van der Waals surface area contributed by atoms with Crippen molar-refractivity contribution in [1.29, 1.82) is 0 Å². The second-order valence-electron chi connectivity index (χ2n) is 4.86. The van der Waals surface area contributed by atoms with Crippen LogP contribution in [0.5, 0.6) is 0 Å². The maximum absolute atomic E-state index is 3.47. The molecule has 1 aromatic rings. The van der Waals surface area contributed by atoms with E-state index in [2.05, 4.69) is 41.4 Å². The highest BCUT2D eigenvalue weighted by atomic mass is 15.1. The highest BCUT2D eigenvalue weighted by molar-refractivity contribution is 5.26. The molecule has 1 aliphatic heterocycles. The number of hydrogen-bond donors (Lipinski definition) is 1. The average molecular weight is 232 g/mol. The lowest BCUT2D eigenvalue weighted by atomic mass is 10.0. The molecule has 0 saturated carbocycles. The number of hydrogen-bond acceptors (Lipinski definition) is 2. The van der Waals surface area contributed by atoms with Crippen molar-refractivity contribution in [2.24, 2.45) is 0 Å². The van der Waals surface area contributed by atoms with Crippen molar-refractivity contribution in [2.75, 3.05) is 26.2 Å². The van der Waals surface area contributed by atoms with Gasteiger partial charge in [-0.15, -0.1) is 0 Å². The average Bonchev–Trinajstić information content (AvgIpc) is 2.33. The summed E-state index contributed by atoms with van der Waals surface area (Å²) in [5, 5.41) is 3.47. The molecule has 0 aliphatic carbocycles. The van der Waals surface area contributed by atoms with E-state index in [9.17, 15) is 0 Å². The van der Waals surface area contributed by atoms with Crippen LogP contribution in [0.25, 0.3) is 0 Å². The lowest BCUT2D eigenvalue weighted by molar-refractivity contribution is 0.244. The van der Waals surface area contributed by atoms with Crippen LogP contribution >= 0.6 is 0 Å². The predicted molar refractivity (Wildman–Crippen MR) is 73.2 cm³/mol. The lowest BCUT2D eigenvalue weighted by Gasteiger charge is -2.25. The minimum Gasteiger partial charge on any atom is -0.317 e. The number of rotatable bonds is 3. The number of benzene rings is 1. The third kappa shape index (κ3) is 3.83. The summed E-state index contributed by atoms with van der Waals surface area (Å²) in [6.45, 7) is 8.17. The van der Waals surface area contributed by atoms with Crippen LogP contribution in [0.2, 0.25) is 0 Å². The molecule has 17 heavy (non-hydrogen) atoms. The van der Waals surface area contributed by atoms with Crippen molar-refractivity contribution in [3.63, 3.8) is 0 Å². The molecule has 0 aromatic heterocycles. The van der Waals surface area contributed by atoms with Crippen molar-refractivity contribution < 1.29 is 0 Å². The Morgan fingerprint density at radius 2 is 1.71 bits per heavy atom. The van der Waals surface area contributed by atoms with E-state index in [4.69, 9.17) is 0 Å². The Hall–Kier alpha value is -0.860. The molecule has 0 radical (unpaired) electrons. The Morgan fingerprint density at radius 3 is 2.35 bits per heavy atom. The van der Waals surface area contributed by atoms with Crippen LogP contribution < -0.4 is 5.32 Å². The molecule has 0 spiro atoms. The van der Waals surface area contributed by atoms with Crippen LogP contribution in [-0.2, 0) is 13.0 Å². The monoisotopic (exact) mass is 232 g/mol. The van der Waals surface area contributed by atoms with Gasteiger partial charge in [0.05, 0.1) is 0 Å². The van der Waals surface area contributed by atoms with Gasteiger partial charge < -0.3 is 5.32 Å². The van der Waals surface area contributed by atoms with Crippen LogP contribution in [0, 0.1) is 0 Å². The fraction of sp³-hybridized carbons (Fsp3) is 0.600. The van der Waals surface area contributed by atoms with Gasteiger partial charge >= 0.3 is 0 Å². The molecule has 0 amide bonds. The van der Waals surface area contributed by atoms with Gasteiger partial charge in [0.2, 0.25) is 0 Å². The van der Waals surface area contributed by atoms with E-state index in [-0.39, 0.29) is 0 Å². The largest absolute Gasteiger partial charge is 0.317 e. The lowest BCUT2D eigenvalue weighted by Crippen LogP contribution is -2.33. The number of aryl methyl sites for hydroxylation is 1. The molecule has 1 N–H and O–H groups in total. The molecule has 94 valence electrons. The van der Waals surface area contributed by atoms with E-state index in [1.165, 1.54) is 50.1 Å². The normalized spacial score (nSPS) is 18.6. The minimum atomic E-state index is 1.13. The first-order valence-corrected chi connectivity index (χ1v) is 6.90. The summed E-state index contributed by atoms with van der Waals surface area (Å²) in [5.41, 5.74) is 3.02. The molecule has 0 unspecified atom stereocenters. The summed E-state index contributed by atoms with van der Waals surface area (Å²) in [6.07, 6.45) is 3.69. The van der Waals surface area contributed by atoms with Crippen molar-refractivity contribution >= 4 is 0 Å². The van der Waals surface area contributed by atoms with Gasteiger partial charge in [-0.05, 0) is 56.6 Å². The van der Waals surface area contributed by atoms with Crippen molar-refractivity contribution in [3.05, 3.63) is 35.4 Å². The molecule has 1 fully saturated rings. The standard InChI is InChI=1S/C15H24N2/c1-2-14-7-3-4-8-15(14)13-17-11-5-9-16-10-6-12-17/h3-4,7-8,16H,2,5-6,9-13H2,1H3. The Labute approximate surface area is 105 Å². The van der Waals surface area contributed by atoms with Crippen LogP contribution in [0.1, 0.15) is 30.9 Å². The van der Waals surface area contributed by atoms with Crippen LogP contribution in [0.15, 0.2) is 24.3 Å². The summed E-state index contributed by atoms with van der Waals surface area (Å²) < 4.78 is 0. The summed E-state index contributed by atoms with van der Waals surface area (Å²) in [5.74, 6) is 0. The van der Waals surface area contributed by atoms with E-state index < -0.39 is 0 Å². The SMILES string of the molecule is CCc1ccccc1CN1CCCNCCC1. The summed E-state index contributed by atoms with van der Waals surface area (Å²) in [7, 11) is 0. The van der Waals surface area contributed by atoms with E-state index in [0.29, 0.717) is 0 Å². The Bertz CT molecular complexity index is 327. The zero-order valence-electron chi connectivity index (χ0n) is 10.9. The quantitative estimate of drug-likeness (QED) is 0.861. The van der Waals surface area contributed by atoms with E-state index in [1.54, 1.807) is 0 Å². The van der Waals surface area contributed by atoms with Crippen molar-refractivity contribution in [1.82, 2.24) is 10.2 Å². The Morgan fingerprint density at radius 1 is 1.06 bits per heavy atom.